The fourth-order valence-corrected chi connectivity index (χ4v) is 3.94. The maximum absolute atomic E-state index is 12.9. The van der Waals surface area contributed by atoms with E-state index in [1.807, 2.05) is 0 Å². The lowest BCUT2D eigenvalue weighted by Gasteiger charge is -2.25. The van der Waals surface area contributed by atoms with E-state index in [0.717, 1.165) is 4.47 Å². The van der Waals surface area contributed by atoms with E-state index in [1.165, 1.54) is 11.4 Å². The summed E-state index contributed by atoms with van der Waals surface area (Å²) in [5.41, 5.74) is 0.471. The lowest BCUT2D eigenvalue weighted by atomic mass is 10.2. The van der Waals surface area contributed by atoms with Crippen molar-refractivity contribution in [2.45, 2.75) is 11.8 Å². The predicted octanol–water partition coefficient (Wildman–Crippen LogP) is 3.68. The van der Waals surface area contributed by atoms with Gasteiger partial charge in [-0.05, 0) is 43.3 Å². The zero-order valence-electron chi connectivity index (χ0n) is 13.1. The molecule has 0 aromatic heterocycles. The van der Waals surface area contributed by atoms with E-state index in [0.29, 0.717) is 17.2 Å². The number of methoxy groups -OCH3 is 2. The number of nitrogens with zero attached hydrogens (tertiary/aromatic N) is 1. The molecule has 0 saturated heterocycles. The number of sulfonamides is 1. The summed E-state index contributed by atoms with van der Waals surface area (Å²) in [4.78, 5) is 0.223. The lowest BCUT2D eigenvalue weighted by molar-refractivity contribution is 0.395. The first-order valence-corrected chi connectivity index (χ1v) is 9.17. The molecular formula is C16H18BrNO4S. The van der Waals surface area contributed by atoms with E-state index in [-0.39, 0.29) is 11.4 Å². The van der Waals surface area contributed by atoms with Gasteiger partial charge in [-0.25, -0.2) is 8.42 Å². The van der Waals surface area contributed by atoms with Crippen LogP contribution >= 0.6 is 15.9 Å². The topological polar surface area (TPSA) is 55.8 Å². The number of ether oxygens (including phenoxy) is 2. The predicted molar refractivity (Wildman–Crippen MR) is 93.9 cm³/mol. The smallest absolute Gasteiger partial charge is 0.264 e. The number of hydrogen-bond acceptors (Lipinski definition) is 4. The minimum Gasteiger partial charge on any atom is -0.497 e. The zero-order valence-corrected chi connectivity index (χ0v) is 15.5. The van der Waals surface area contributed by atoms with Crippen LogP contribution in [0.1, 0.15) is 6.92 Å². The summed E-state index contributed by atoms with van der Waals surface area (Å²) in [5.74, 6) is 1.04. The van der Waals surface area contributed by atoms with Crippen LogP contribution in [0.5, 0.6) is 11.5 Å². The Balaban J connectivity index is 2.52. The first-order chi connectivity index (χ1) is 10.9. The first kappa shape index (κ1) is 17.6. The Kier molecular flexibility index (Phi) is 5.54. The molecule has 0 saturated carbocycles. The quantitative estimate of drug-likeness (QED) is 0.743. The molecule has 0 aliphatic heterocycles. The van der Waals surface area contributed by atoms with Crippen LogP contribution in [0.25, 0.3) is 0 Å². The van der Waals surface area contributed by atoms with E-state index < -0.39 is 10.0 Å². The van der Waals surface area contributed by atoms with Gasteiger partial charge in [0.05, 0.1) is 24.8 Å². The second-order valence-electron chi connectivity index (χ2n) is 4.66. The normalized spacial score (nSPS) is 11.1. The molecule has 2 aromatic rings. The number of benzene rings is 2. The fraction of sp³-hybridized carbons (Fsp3) is 0.250. The average molecular weight is 400 g/mol. The van der Waals surface area contributed by atoms with Crippen LogP contribution < -0.4 is 13.8 Å². The van der Waals surface area contributed by atoms with Gasteiger partial charge in [-0.15, -0.1) is 0 Å². The highest BCUT2D eigenvalue weighted by molar-refractivity contribution is 9.10. The average Bonchev–Trinajstić information content (AvgIpc) is 2.56. The standard InChI is InChI=1S/C16H18BrNO4S/c1-4-18(15-10-7-13(21-2)11-16(15)22-3)23(19,20)14-8-5-12(17)6-9-14/h5-11H,4H2,1-3H3. The van der Waals surface area contributed by atoms with E-state index >= 15 is 0 Å². The molecule has 0 aliphatic rings. The van der Waals surface area contributed by atoms with Crippen molar-refractivity contribution >= 4 is 31.6 Å². The molecule has 0 bridgehead atoms. The van der Waals surface area contributed by atoms with Gasteiger partial charge in [-0.3, -0.25) is 4.31 Å². The highest BCUT2D eigenvalue weighted by Gasteiger charge is 2.26. The molecule has 0 atom stereocenters. The molecule has 7 heteroatoms. The Hall–Kier alpha value is -1.73. The summed E-state index contributed by atoms with van der Waals surface area (Å²) in [7, 11) is -0.637. The molecule has 0 amide bonds. The van der Waals surface area contributed by atoms with Crippen molar-refractivity contribution in [3.63, 3.8) is 0 Å². The molecule has 23 heavy (non-hydrogen) atoms. The van der Waals surface area contributed by atoms with Crippen molar-refractivity contribution in [1.82, 2.24) is 0 Å². The van der Waals surface area contributed by atoms with Crippen LogP contribution in [0.2, 0.25) is 0 Å². The maximum atomic E-state index is 12.9. The Morgan fingerprint density at radius 1 is 1.04 bits per heavy atom. The van der Waals surface area contributed by atoms with Gasteiger partial charge in [-0.2, -0.15) is 0 Å². The molecule has 0 heterocycles. The van der Waals surface area contributed by atoms with Gasteiger partial charge in [-0.1, -0.05) is 15.9 Å². The van der Waals surface area contributed by atoms with Crippen molar-refractivity contribution in [3.8, 4) is 11.5 Å². The van der Waals surface area contributed by atoms with Crippen LogP contribution in [0.3, 0.4) is 0 Å². The van der Waals surface area contributed by atoms with Crippen LogP contribution in [0.4, 0.5) is 5.69 Å². The molecule has 5 nitrogen and oxygen atoms in total. The zero-order chi connectivity index (χ0) is 17.0. The van der Waals surface area contributed by atoms with Crippen LogP contribution in [0, 0.1) is 0 Å². The molecular weight excluding hydrogens is 382 g/mol. The van der Waals surface area contributed by atoms with Gasteiger partial charge in [0, 0.05) is 17.1 Å². The monoisotopic (exact) mass is 399 g/mol. The molecule has 0 spiro atoms. The molecule has 0 N–H and O–H groups in total. The lowest BCUT2D eigenvalue weighted by Crippen LogP contribution is -2.31. The molecule has 124 valence electrons. The van der Waals surface area contributed by atoms with Gasteiger partial charge in [0.25, 0.3) is 10.0 Å². The van der Waals surface area contributed by atoms with E-state index in [2.05, 4.69) is 15.9 Å². The van der Waals surface area contributed by atoms with Gasteiger partial charge >= 0.3 is 0 Å². The van der Waals surface area contributed by atoms with E-state index in [4.69, 9.17) is 9.47 Å². The van der Waals surface area contributed by atoms with Gasteiger partial charge in [0.15, 0.2) is 0 Å². The molecule has 0 radical (unpaired) electrons. The summed E-state index contributed by atoms with van der Waals surface area (Å²) in [6.07, 6.45) is 0. The van der Waals surface area contributed by atoms with Crippen molar-refractivity contribution in [3.05, 3.63) is 46.9 Å². The SMILES string of the molecule is CCN(c1ccc(OC)cc1OC)S(=O)(=O)c1ccc(Br)cc1. The third kappa shape index (κ3) is 3.61. The Labute approximate surface area is 145 Å². The van der Waals surface area contributed by atoms with E-state index in [1.54, 1.807) is 56.5 Å². The van der Waals surface area contributed by atoms with Crippen molar-refractivity contribution in [2.24, 2.45) is 0 Å². The van der Waals surface area contributed by atoms with Crippen molar-refractivity contribution in [1.29, 1.82) is 0 Å². The largest absolute Gasteiger partial charge is 0.497 e. The van der Waals surface area contributed by atoms with Gasteiger partial charge in [0.1, 0.15) is 11.5 Å². The summed E-state index contributed by atoms with van der Waals surface area (Å²) >= 11 is 3.31. The summed E-state index contributed by atoms with van der Waals surface area (Å²) in [6, 6.07) is 11.6. The van der Waals surface area contributed by atoms with Crippen LogP contribution in [-0.4, -0.2) is 29.2 Å². The Morgan fingerprint density at radius 3 is 2.22 bits per heavy atom. The van der Waals surface area contributed by atoms with Crippen LogP contribution in [-0.2, 0) is 10.0 Å². The van der Waals surface area contributed by atoms with Crippen molar-refractivity contribution < 1.29 is 17.9 Å². The van der Waals surface area contributed by atoms with E-state index in [9.17, 15) is 8.42 Å². The molecule has 0 unspecified atom stereocenters. The number of hydrogen-bond donors (Lipinski definition) is 0. The van der Waals surface area contributed by atoms with Gasteiger partial charge < -0.3 is 9.47 Å². The Morgan fingerprint density at radius 2 is 1.70 bits per heavy atom. The molecule has 2 aromatic carbocycles. The number of halogens is 1. The van der Waals surface area contributed by atoms with Gasteiger partial charge in [0.2, 0.25) is 0 Å². The minimum absolute atomic E-state index is 0.223. The fourth-order valence-electron chi connectivity index (χ4n) is 2.19. The minimum atomic E-state index is -3.68. The Bertz CT molecular complexity index is 775. The molecule has 0 fully saturated rings. The summed E-state index contributed by atoms with van der Waals surface area (Å²) < 4.78 is 38.5. The summed E-state index contributed by atoms with van der Waals surface area (Å²) in [6.45, 7) is 2.06. The van der Waals surface area contributed by atoms with Crippen LogP contribution in [0.15, 0.2) is 51.8 Å². The third-order valence-corrected chi connectivity index (χ3v) is 5.78. The van der Waals surface area contributed by atoms with Crippen molar-refractivity contribution in [2.75, 3.05) is 25.1 Å². The molecule has 0 aliphatic carbocycles. The highest BCUT2D eigenvalue weighted by atomic mass is 79.9. The third-order valence-electron chi connectivity index (χ3n) is 3.34. The maximum Gasteiger partial charge on any atom is 0.264 e. The number of anilines is 1. The first-order valence-electron chi connectivity index (χ1n) is 6.94. The second kappa shape index (κ2) is 7.23. The second-order valence-corrected chi connectivity index (χ2v) is 7.44. The summed E-state index contributed by atoms with van der Waals surface area (Å²) in [5, 5.41) is 0. The number of rotatable bonds is 6. The highest BCUT2D eigenvalue weighted by Crippen LogP contribution is 2.35. The molecule has 2 rings (SSSR count).